The van der Waals surface area contributed by atoms with Crippen LogP contribution >= 0.6 is 15.9 Å². The fourth-order valence-electron chi connectivity index (χ4n) is 2.27. The lowest BCUT2D eigenvalue weighted by Crippen LogP contribution is -2.04. The second-order valence-electron chi connectivity index (χ2n) is 5.03. The van der Waals surface area contributed by atoms with Crippen LogP contribution in [0.1, 0.15) is 0 Å². The van der Waals surface area contributed by atoms with Crippen LogP contribution in [0.5, 0.6) is 5.75 Å². The number of benzene rings is 1. The number of hydrogen-bond donors (Lipinski definition) is 3. The number of nitrogen functional groups attached to an aromatic ring is 2. The third kappa shape index (κ3) is 2.85. The number of nitrogens with zero attached hydrogens (tertiary/aromatic N) is 4. The zero-order valence-electron chi connectivity index (χ0n) is 13.1. The van der Waals surface area contributed by atoms with Crippen LogP contribution in [0.4, 0.5) is 22.9 Å². The Bertz CT molecular complexity index is 894. The molecule has 0 fully saturated rings. The van der Waals surface area contributed by atoms with Crippen molar-refractivity contribution in [3.05, 3.63) is 35.2 Å². The standard InChI is InChI=1S/C15H16BrN7O/c1-23-7-20-15(22-23)8-4-3-5-10(13(8)24-2)21-12-9(16)6-19-14(18)11(12)17/h3-7H,17H2,1-2H3,(H3,18,19,21). The molecule has 0 unspecified atom stereocenters. The topological polar surface area (TPSA) is 117 Å². The first kappa shape index (κ1) is 16.1. The highest BCUT2D eigenvalue weighted by Gasteiger charge is 2.16. The predicted octanol–water partition coefficient (Wildman–Crippen LogP) is 2.56. The second-order valence-corrected chi connectivity index (χ2v) is 5.89. The van der Waals surface area contributed by atoms with Crippen LogP contribution in [0.3, 0.4) is 0 Å². The molecule has 0 spiro atoms. The summed E-state index contributed by atoms with van der Waals surface area (Å²) in [6.45, 7) is 0. The SMILES string of the molecule is COc1c(Nc2c(Br)cnc(N)c2N)cccc1-c1ncn(C)n1. The van der Waals surface area contributed by atoms with Crippen LogP contribution in [0.15, 0.2) is 35.2 Å². The molecule has 1 aromatic carbocycles. The van der Waals surface area contributed by atoms with E-state index in [1.165, 1.54) is 0 Å². The molecule has 5 N–H and O–H groups in total. The molecule has 0 saturated heterocycles. The van der Waals surface area contributed by atoms with E-state index in [4.69, 9.17) is 16.2 Å². The van der Waals surface area contributed by atoms with Crippen molar-refractivity contribution < 1.29 is 4.74 Å². The lowest BCUT2D eigenvalue weighted by atomic mass is 10.1. The van der Waals surface area contributed by atoms with Crippen LogP contribution in [-0.2, 0) is 7.05 Å². The van der Waals surface area contributed by atoms with Crippen LogP contribution in [0, 0.1) is 0 Å². The Kier molecular flexibility index (Phi) is 4.26. The van der Waals surface area contributed by atoms with Gasteiger partial charge in [-0.05, 0) is 28.1 Å². The van der Waals surface area contributed by atoms with Gasteiger partial charge in [0, 0.05) is 13.2 Å². The third-order valence-corrected chi connectivity index (χ3v) is 4.02. The van der Waals surface area contributed by atoms with Gasteiger partial charge in [-0.25, -0.2) is 9.97 Å². The van der Waals surface area contributed by atoms with Gasteiger partial charge in [-0.2, -0.15) is 5.10 Å². The van der Waals surface area contributed by atoms with Crippen molar-refractivity contribution in [2.45, 2.75) is 0 Å². The Morgan fingerprint density at radius 1 is 1.25 bits per heavy atom. The van der Waals surface area contributed by atoms with E-state index in [0.29, 0.717) is 33.1 Å². The fourth-order valence-corrected chi connectivity index (χ4v) is 2.69. The zero-order chi connectivity index (χ0) is 17.3. The Hall–Kier alpha value is -2.81. The summed E-state index contributed by atoms with van der Waals surface area (Å²) < 4.78 is 7.89. The van der Waals surface area contributed by atoms with Gasteiger partial charge in [0.15, 0.2) is 11.6 Å². The number of rotatable bonds is 4. The maximum atomic E-state index is 6.03. The van der Waals surface area contributed by atoms with E-state index in [0.717, 1.165) is 5.56 Å². The molecular formula is C15H16BrN7O. The number of aryl methyl sites for hydroxylation is 1. The number of anilines is 4. The summed E-state index contributed by atoms with van der Waals surface area (Å²) in [5, 5.41) is 7.56. The molecule has 3 aromatic rings. The number of hydrogen-bond acceptors (Lipinski definition) is 7. The van der Waals surface area contributed by atoms with Crippen molar-refractivity contribution in [1.29, 1.82) is 0 Å². The highest BCUT2D eigenvalue weighted by Crippen LogP contribution is 2.40. The highest BCUT2D eigenvalue weighted by molar-refractivity contribution is 9.10. The van der Waals surface area contributed by atoms with Gasteiger partial charge >= 0.3 is 0 Å². The summed E-state index contributed by atoms with van der Waals surface area (Å²) in [5.74, 6) is 1.42. The molecule has 0 atom stereocenters. The molecule has 0 aliphatic heterocycles. The molecule has 8 nitrogen and oxygen atoms in total. The lowest BCUT2D eigenvalue weighted by molar-refractivity contribution is 0.418. The first-order valence-corrected chi connectivity index (χ1v) is 7.80. The Labute approximate surface area is 147 Å². The van der Waals surface area contributed by atoms with Crippen molar-refractivity contribution in [3.63, 3.8) is 0 Å². The highest BCUT2D eigenvalue weighted by atomic mass is 79.9. The minimum Gasteiger partial charge on any atom is -0.494 e. The van der Waals surface area contributed by atoms with E-state index in [9.17, 15) is 0 Å². The van der Waals surface area contributed by atoms with Crippen molar-refractivity contribution in [2.24, 2.45) is 7.05 Å². The monoisotopic (exact) mass is 389 g/mol. The number of pyridine rings is 1. The predicted molar refractivity (Wildman–Crippen MR) is 97.0 cm³/mol. The van der Waals surface area contributed by atoms with Crippen molar-refractivity contribution >= 4 is 38.8 Å². The zero-order valence-corrected chi connectivity index (χ0v) is 14.7. The summed E-state index contributed by atoms with van der Waals surface area (Å²) >= 11 is 3.42. The maximum Gasteiger partial charge on any atom is 0.184 e. The van der Waals surface area contributed by atoms with Gasteiger partial charge in [-0.15, -0.1) is 0 Å². The van der Waals surface area contributed by atoms with Crippen molar-refractivity contribution in [1.82, 2.24) is 19.7 Å². The van der Waals surface area contributed by atoms with Gasteiger partial charge in [-0.3, -0.25) is 4.68 Å². The number of nitrogens with two attached hydrogens (primary N) is 2. The molecular weight excluding hydrogens is 374 g/mol. The Balaban J connectivity index is 2.08. The van der Waals surface area contributed by atoms with Gasteiger partial charge in [0.2, 0.25) is 0 Å². The molecule has 0 aliphatic carbocycles. The average molecular weight is 390 g/mol. The largest absolute Gasteiger partial charge is 0.494 e. The quantitative estimate of drug-likeness (QED) is 0.627. The first-order valence-electron chi connectivity index (χ1n) is 7.00. The number of para-hydroxylation sites is 1. The van der Waals surface area contributed by atoms with Gasteiger partial charge in [-0.1, -0.05) is 6.07 Å². The summed E-state index contributed by atoms with van der Waals surface area (Å²) in [4.78, 5) is 8.28. The molecule has 2 heterocycles. The van der Waals surface area contributed by atoms with Gasteiger partial charge < -0.3 is 21.5 Å². The van der Waals surface area contributed by atoms with Crippen LogP contribution in [0.2, 0.25) is 0 Å². The smallest absolute Gasteiger partial charge is 0.184 e. The number of nitrogens with one attached hydrogen (secondary N) is 1. The molecule has 0 saturated carbocycles. The molecule has 24 heavy (non-hydrogen) atoms. The summed E-state index contributed by atoms with van der Waals surface area (Å²) in [7, 11) is 3.40. The molecule has 124 valence electrons. The van der Waals surface area contributed by atoms with Crippen LogP contribution in [0.25, 0.3) is 11.4 Å². The molecule has 0 radical (unpaired) electrons. The van der Waals surface area contributed by atoms with Crippen LogP contribution < -0.4 is 21.5 Å². The van der Waals surface area contributed by atoms with E-state index >= 15 is 0 Å². The van der Waals surface area contributed by atoms with Gasteiger partial charge in [0.1, 0.15) is 12.1 Å². The molecule has 2 aromatic heterocycles. The van der Waals surface area contributed by atoms with Crippen molar-refractivity contribution in [2.75, 3.05) is 23.9 Å². The van der Waals surface area contributed by atoms with Crippen LogP contribution in [-0.4, -0.2) is 26.9 Å². The number of halogens is 1. The van der Waals surface area contributed by atoms with Gasteiger partial charge in [0.05, 0.1) is 34.2 Å². The van der Waals surface area contributed by atoms with E-state index in [2.05, 4.69) is 36.3 Å². The first-order chi connectivity index (χ1) is 11.5. The minimum atomic E-state index is 0.252. The minimum absolute atomic E-state index is 0.252. The number of methoxy groups -OCH3 is 1. The Morgan fingerprint density at radius 2 is 2.04 bits per heavy atom. The molecule has 0 aliphatic rings. The molecule has 0 amide bonds. The number of aromatic nitrogens is 4. The number of ether oxygens (including phenoxy) is 1. The normalized spacial score (nSPS) is 10.6. The third-order valence-electron chi connectivity index (χ3n) is 3.42. The molecule has 3 rings (SSSR count). The summed E-state index contributed by atoms with van der Waals surface area (Å²) in [6.07, 6.45) is 3.22. The second kappa shape index (κ2) is 6.36. The fraction of sp³-hybridized carbons (Fsp3) is 0.133. The van der Waals surface area contributed by atoms with E-state index in [1.807, 2.05) is 25.2 Å². The van der Waals surface area contributed by atoms with E-state index < -0.39 is 0 Å². The maximum absolute atomic E-state index is 6.03. The van der Waals surface area contributed by atoms with E-state index in [1.54, 1.807) is 24.3 Å². The average Bonchev–Trinajstić information content (AvgIpc) is 3.01. The summed E-state index contributed by atoms with van der Waals surface area (Å²) in [6, 6.07) is 5.64. The molecule has 9 heteroatoms. The molecule has 0 bridgehead atoms. The van der Waals surface area contributed by atoms with Gasteiger partial charge in [0.25, 0.3) is 0 Å². The lowest BCUT2D eigenvalue weighted by Gasteiger charge is -2.16. The van der Waals surface area contributed by atoms with E-state index in [-0.39, 0.29) is 5.82 Å². The van der Waals surface area contributed by atoms with Crippen molar-refractivity contribution in [3.8, 4) is 17.1 Å². The Morgan fingerprint density at radius 3 is 2.71 bits per heavy atom. The summed E-state index contributed by atoms with van der Waals surface area (Å²) in [5.41, 5.74) is 14.3.